The summed E-state index contributed by atoms with van der Waals surface area (Å²) in [5.74, 6) is -0.0933. The number of aryl methyl sites for hydroxylation is 1. The zero-order chi connectivity index (χ0) is 21.8. The molecule has 0 aliphatic carbocycles. The van der Waals surface area contributed by atoms with Gasteiger partial charge in [0.05, 0.1) is 6.54 Å². The molecule has 1 aromatic carbocycles. The van der Waals surface area contributed by atoms with Crippen LogP contribution in [-0.4, -0.2) is 64.8 Å². The molecule has 30 heavy (non-hydrogen) atoms. The first-order chi connectivity index (χ1) is 14.3. The highest BCUT2D eigenvalue weighted by Gasteiger charge is 2.26. The Balaban J connectivity index is 1.63. The van der Waals surface area contributed by atoms with Crippen molar-refractivity contribution in [3.8, 4) is 0 Å². The number of piperidine rings is 1. The molecule has 3 rings (SSSR count). The minimum Gasteiger partial charge on any atom is -0.343 e. The highest BCUT2D eigenvalue weighted by molar-refractivity contribution is 6.01. The first kappa shape index (κ1) is 21.8. The molecule has 0 radical (unpaired) electrons. The Bertz CT molecular complexity index is 927. The van der Waals surface area contributed by atoms with Gasteiger partial charge in [-0.3, -0.25) is 29.4 Å². The van der Waals surface area contributed by atoms with Crippen LogP contribution in [0.5, 0.6) is 0 Å². The van der Waals surface area contributed by atoms with Gasteiger partial charge in [-0.25, -0.2) is 0 Å². The molecule has 0 unspecified atom stereocenters. The molecule has 0 spiro atoms. The predicted octanol–water partition coefficient (Wildman–Crippen LogP) is 2.61. The number of likely N-dealkylation sites (tertiary alicyclic amines) is 1. The van der Waals surface area contributed by atoms with Gasteiger partial charge in [0.15, 0.2) is 5.78 Å². The molecule has 1 aromatic heterocycles. The topological polar surface area (TPSA) is 74.7 Å². The Morgan fingerprint density at radius 2 is 1.73 bits per heavy atom. The SMILES string of the molecule is CC(=O)N(C)C1CCN(CC(=O)c2cc(C)n(NC(=O)c3ccccc3)c2C)CC1. The lowest BCUT2D eigenvalue weighted by molar-refractivity contribution is -0.130. The fourth-order valence-electron chi connectivity index (χ4n) is 3.98. The zero-order valence-corrected chi connectivity index (χ0v) is 18.1. The van der Waals surface area contributed by atoms with Crippen LogP contribution in [0.15, 0.2) is 36.4 Å². The number of nitrogens with zero attached hydrogens (tertiary/aromatic N) is 3. The number of Topliss-reactive ketones (excluding diaryl/α,β-unsaturated/α-hetero) is 1. The number of nitrogens with one attached hydrogen (secondary N) is 1. The van der Waals surface area contributed by atoms with E-state index < -0.39 is 0 Å². The van der Waals surface area contributed by atoms with E-state index in [4.69, 9.17) is 0 Å². The molecule has 1 aliphatic heterocycles. The molecule has 2 heterocycles. The molecule has 0 saturated carbocycles. The first-order valence-corrected chi connectivity index (χ1v) is 10.3. The second kappa shape index (κ2) is 9.26. The van der Waals surface area contributed by atoms with Gasteiger partial charge < -0.3 is 4.90 Å². The molecule has 0 bridgehead atoms. The van der Waals surface area contributed by atoms with Crippen LogP contribution in [0.2, 0.25) is 0 Å². The van der Waals surface area contributed by atoms with Gasteiger partial charge in [-0.2, -0.15) is 0 Å². The fraction of sp³-hybridized carbons (Fsp3) is 0.435. The fourth-order valence-corrected chi connectivity index (χ4v) is 3.98. The lowest BCUT2D eigenvalue weighted by atomic mass is 10.0. The van der Waals surface area contributed by atoms with Gasteiger partial charge in [-0.15, -0.1) is 0 Å². The number of hydrogen-bond acceptors (Lipinski definition) is 4. The summed E-state index contributed by atoms with van der Waals surface area (Å²) in [6.07, 6.45) is 1.74. The van der Waals surface area contributed by atoms with Crippen molar-refractivity contribution in [3.05, 3.63) is 58.9 Å². The number of ketones is 1. The maximum absolute atomic E-state index is 12.9. The van der Waals surface area contributed by atoms with Crippen molar-refractivity contribution in [2.24, 2.45) is 0 Å². The van der Waals surface area contributed by atoms with Gasteiger partial charge in [-0.1, -0.05) is 18.2 Å². The molecular formula is C23H30N4O3. The summed E-state index contributed by atoms with van der Waals surface area (Å²) in [5, 5.41) is 0. The smallest absolute Gasteiger partial charge is 0.270 e. The normalized spacial score (nSPS) is 15.1. The lowest BCUT2D eigenvalue weighted by Gasteiger charge is -2.36. The van der Waals surface area contributed by atoms with Crippen molar-refractivity contribution in [2.45, 2.75) is 39.7 Å². The zero-order valence-electron chi connectivity index (χ0n) is 18.1. The molecule has 1 aliphatic rings. The van der Waals surface area contributed by atoms with E-state index >= 15 is 0 Å². The van der Waals surface area contributed by atoms with Crippen LogP contribution >= 0.6 is 0 Å². The Hall–Kier alpha value is -2.93. The number of benzene rings is 1. The van der Waals surface area contributed by atoms with E-state index in [0.717, 1.165) is 37.3 Å². The van der Waals surface area contributed by atoms with Crippen LogP contribution in [-0.2, 0) is 4.79 Å². The van der Waals surface area contributed by atoms with E-state index in [0.29, 0.717) is 17.7 Å². The number of amides is 2. The monoisotopic (exact) mass is 410 g/mol. The quantitative estimate of drug-likeness (QED) is 0.743. The molecule has 1 fully saturated rings. The standard InChI is InChI=1S/C23H30N4O3/c1-16-14-21(17(2)27(16)24-23(30)19-8-6-5-7-9-19)22(29)15-26-12-10-20(11-13-26)25(4)18(3)28/h5-9,14,20H,10-13,15H2,1-4H3,(H,24,30). The van der Waals surface area contributed by atoms with Gasteiger partial charge in [0, 0.05) is 55.6 Å². The number of rotatable bonds is 6. The summed E-state index contributed by atoms with van der Waals surface area (Å²) in [4.78, 5) is 40.9. The maximum Gasteiger partial charge on any atom is 0.270 e. The molecule has 7 nitrogen and oxygen atoms in total. The Labute approximate surface area is 177 Å². The molecule has 2 aromatic rings. The third kappa shape index (κ3) is 4.79. The van der Waals surface area contributed by atoms with E-state index in [1.54, 1.807) is 28.6 Å². The molecule has 1 saturated heterocycles. The van der Waals surface area contributed by atoms with Crippen molar-refractivity contribution in [1.29, 1.82) is 0 Å². The number of carbonyl (C=O) groups excluding carboxylic acids is 3. The lowest BCUT2D eigenvalue weighted by Crippen LogP contribution is -2.46. The second-order valence-electron chi connectivity index (χ2n) is 7.99. The van der Waals surface area contributed by atoms with E-state index in [9.17, 15) is 14.4 Å². The number of aromatic nitrogens is 1. The van der Waals surface area contributed by atoms with Crippen LogP contribution in [0.1, 0.15) is 51.9 Å². The molecular weight excluding hydrogens is 380 g/mol. The third-order valence-electron chi connectivity index (χ3n) is 5.95. The summed E-state index contributed by atoms with van der Waals surface area (Å²) in [5.41, 5.74) is 5.61. The summed E-state index contributed by atoms with van der Waals surface area (Å²) in [6.45, 7) is 7.22. The maximum atomic E-state index is 12.9. The van der Waals surface area contributed by atoms with Crippen LogP contribution in [0.4, 0.5) is 0 Å². The van der Waals surface area contributed by atoms with Crippen LogP contribution in [0.3, 0.4) is 0 Å². The highest BCUT2D eigenvalue weighted by atomic mass is 16.2. The molecule has 1 N–H and O–H groups in total. The Kier molecular flexibility index (Phi) is 6.72. The van der Waals surface area contributed by atoms with Crippen molar-refractivity contribution in [3.63, 3.8) is 0 Å². The van der Waals surface area contributed by atoms with Crippen molar-refractivity contribution >= 4 is 17.6 Å². The van der Waals surface area contributed by atoms with Crippen LogP contribution in [0.25, 0.3) is 0 Å². The average Bonchev–Trinajstić information content (AvgIpc) is 3.02. The minimum atomic E-state index is -0.215. The number of carbonyl (C=O) groups is 3. The van der Waals surface area contributed by atoms with Gasteiger partial charge in [0.1, 0.15) is 0 Å². The third-order valence-corrected chi connectivity index (χ3v) is 5.95. The van der Waals surface area contributed by atoms with Crippen LogP contribution in [0, 0.1) is 13.8 Å². The predicted molar refractivity (Wildman–Crippen MR) is 116 cm³/mol. The van der Waals surface area contributed by atoms with Crippen molar-refractivity contribution in [1.82, 2.24) is 14.5 Å². The summed E-state index contributed by atoms with van der Waals surface area (Å²) >= 11 is 0. The minimum absolute atomic E-state index is 0.0432. The van der Waals surface area contributed by atoms with Gasteiger partial charge >= 0.3 is 0 Å². The van der Waals surface area contributed by atoms with Crippen molar-refractivity contribution < 1.29 is 14.4 Å². The first-order valence-electron chi connectivity index (χ1n) is 10.3. The van der Waals surface area contributed by atoms with E-state index in [2.05, 4.69) is 10.3 Å². The van der Waals surface area contributed by atoms with E-state index in [1.165, 1.54) is 0 Å². The summed E-state index contributed by atoms with van der Waals surface area (Å²) in [6, 6.07) is 11.1. The molecule has 7 heteroatoms. The van der Waals surface area contributed by atoms with E-state index in [-0.39, 0.29) is 23.6 Å². The average molecular weight is 411 g/mol. The highest BCUT2D eigenvalue weighted by Crippen LogP contribution is 2.19. The second-order valence-corrected chi connectivity index (χ2v) is 7.99. The Morgan fingerprint density at radius 3 is 2.33 bits per heavy atom. The largest absolute Gasteiger partial charge is 0.343 e. The number of hydrogen-bond donors (Lipinski definition) is 1. The van der Waals surface area contributed by atoms with Crippen molar-refractivity contribution in [2.75, 3.05) is 32.1 Å². The molecule has 0 atom stereocenters. The molecule has 2 amide bonds. The summed E-state index contributed by atoms with van der Waals surface area (Å²) < 4.78 is 1.68. The van der Waals surface area contributed by atoms with E-state index in [1.807, 2.05) is 45.2 Å². The van der Waals surface area contributed by atoms with Crippen LogP contribution < -0.4 is 5.43 Å². The van der Waals surface area contributed by atoms with Gasteiger partial charge in [0.25, 0.3) is 5.91 Å². The summed E-state index contributed by atoms with van der Waals surface area (Å²) in [7, 11) is 1.84. The Morgan fingerprint density at radius 1 is 1.10 bits per heavy atom. The van der Waals surface area contributed by atoms with Gasteiger partial charge in [-0.05, 0) is 44.9 Å². The van der Waals surface area contributed by atoms with Gasteiger partial charge in [0.2, 0.25) is 5.91 Å². The molecule has 160 valence electrons.